The van der Waals surface area contributed by atoms with Crippen LogP contribution >= 0.6 is 11.6 Å². The number of aromatic amines is 1. The highest BCUT2D eigenvalue weighted by Gasteiger charge is 2.10. The standard InChI is InChI=1S/C15H21NO3.C13H10ClN3/c1-4-12-10-13(15(18)16-8-5-9-17)6-7-14(12)19-11(2)3;1-8-2-4-9(5-3-8)12-16-11-6-10(14)7-15-13(11)17-12/h4,6-7,10-11,17H,1,5,8-9H2,2-3H3,(H,16,18);2-7H,1H3,(H,15,16,17). The minimum absolute atomic E-state index is 0.0688. The minimum atomic E-state index is -0.160. The molecule has 0 aliphatic rings. The van der Waals surface area contributed by atoms with Crippen molar-refractivity contribution in [3.8, 4) is 17.1 Å². The van der Waals surface area contributed by atoms with E-state index in [2.05, 4.69) is 45.9 Å². The third-order valence-corrected chi connectivity index (χ3v) is 5.31. The summed E-state index contributed by atoms with van der Waals surface area (Å²) in [7, 11) is 0. The van der Waals surface area contributed by atoms with Crippen molar-refractivity contribution in [1.82, 2.24) is 20.3 Å². The smallest absolute Gasteiger partial charge is 0.251 e. The minimum Gasteiger partial charge on any atom is -0.490 e. The van der Waals surface area contributed by atoms with Gasteiger partial charge in [0.25, 0.3) is 5.91 Å². The Morgan fingerprint density at radius 2 is 1.97 bits per heavy atom. The van der Waals surface area contributed by atoms with E-state index in [0.29, 0.717) is 29.2 Å². The van der Waals surface area contributed by atoms with Crippen LogP contribution in [-0.2, 0) is 0 Å². The van der Waals surface area contributed by atoms with Gasteiger partial charge in [-0.15, -0.1) is 0 Å². The van der Waals surface area contributed by atoms with Gasteiger partial charge in [0.1, 0.15) is 11.6 Å². The van der Waals surface area contributed by atoms with Crippen LogP contribution in [0, 0.1) is 6.92 Å². The number of aromatic nitrogens is 3. The second kappa shape index (κ2) is 12.9. The lowest BCUT2D eigenvalue weighted by atomic mass is 10.1. The van der Waals surface area contributed by atoms with Crippen LogP contribution in [0.3, 0.4) is 0 Å². The molecule has 2 aromatic carbocycles. The Morgan fingerprint density at radius 3 is 2.64 bits per heavy atom. The predicted octanol–water partition coefficient (Wildman–Crippen LogP) is 5.82. The van der Waals surface area contributed by atoms with Gasteiger partial charge in [0.15, 0.2) is 5.65 Å². The number of benzene rings is 2. The number of hydrogen-bond acceptors (Lipinski definition) is 5. The molecule has 8 heteroatoms. The summed E-state index contributed by atoms with van der Waals surface area (Å²) in [4.78, 5) is 23.7. The van der Waals surface area contributed by atoms with Crippen LogP contribution in [0.1, 0.15) is 41.8 Å². The zero-order valence-corrected chi connectivity index (χ0v) is 21.5. The van der Waals surface area contributed by atoms with Crippen LogP contribution < -0.4 is 10.1 Å². The number of pyridine rings is 1. The van der Waals surface area contributed by atoms with E-state index in [4.69, 9.17) is 21.4 Å². The average Bonchev–Trinajstić information content (AvgIpc) is 3.28. The van der Waals surface area contributed by atoms with Crippen molar-refractivity contribution in [2.75, 3.05) is 13.2 Å². The second-order valence-corrected chi connectivity index (χ2v) is 8.87. The Morgan fingerprint density at radius 1 is 1.22 bits per heavy atom. The van der Waals surface area contributed by atoms with Gasteiger partial charge in [-0.3, -0.25) is 4.79 Å². The molecule has 0 radical (unpaired) electrons. The van der Waals surface area contributed by atoms with Gasteiger partial charge in [-0.25, -0.2) is 9.97 Å². The Hall–Kier alpha value is -3.68. The molecule has 0 unspecified atom stereocenters. The number of rotatable bonds is 8. The largest absolute Gasteiger partial charge is 0.490 e. The number of imidazole rings is 1. The molecule has 36 heavy (non-hydrogen) atoms. The van der Waals surface area contributed by atoms with Gasteiger partial charge in [-0.05, 0) is 51.5 Å². The molecule has 4 rings (SSSR count). The van der Waals surface area contributed by atoms with E-state index in [0.717, 1.165) is 28.2 Å². The molecule has 0 aliphatic heterocycles. The fourth-order valence-electron chi connectivity index (χ4n) is 3.32. The maximum absolute atomic E-state index is 11.9. The first-order chi connectivity index (χ1) is 17.3. The van der Waals surface area contributed by atoms with Gasteiger partial charge in [-0.2, -0.15) is 0 Å². The Balaban J connectivity index is 0.000000201. The van der Waals surface area contributed by atoms with Gasteiger partial charge in [0, 0.05) is 36.0 Å². The molecule has 0 bridgehead atoms. The van der Waals surface area contributed by atoms with E-state index in [-0.39, 0.29) is 18.6 Å². The van der Waals surface area contributed by atoms with Crippen LogP contribution in [-0.4, -0.2) is 45.2 Å². The molecule has 0 saturated carbocycles. The third kappa shape index (κ3) is 7.41. The summed E-state index contributed by atoms with van der Waals surface area (Å²) >= 11 is 5.88. The zero-order chi connectivity index (χ0) is 26.1. The molecule has 188 valence electrons. The summed E-state index contributed by atoms with van der Waals surface area (Å²) in [5, 5.41) is 12.0. The highest BCUT2D eigenvalue weighted by molar-refractivity contribution is 6.31. The number of aliphatic hydroxyl groups excluding tert-OH is 1. The van der Waals surface area contributed by atoms with Crippen molar-refractivity contribution in [3.63, 3.8) is 0 Å². The van der Waals surface area contributed by atoms with Crippen molar-refractivity contribution in [2.24, 2.45) is 0 Å². The maximum Gasteiger partial charge on any atom is 0.251 e. The second-order valence-electron chi connectivity index (χ2n) is 8.43. The SMILES string of the molecule is C=Cc1cc(C(=O)NCCCO)ccc1OC(C)C.Cc1ccc(-c2nc3ncc(Cl)cc3[nH]2)cc1. The fourth-order valence-corrected chi connectivity index (χ4v) is 3.47. The molecule has 4 aromatic rings. The Labute approximate surface area is 216 Å². The first-order valence-corrected chi connectivity index (χ1v) is 12.1. The Bertz CT molecular complexity index is 1320. The molecule has 0 atom stereocenters. The lowest BCUT2D eigenvalue weighted by molar-refractivity contribution is 0.0951. The van der Waals surface area contributed by atoms with Crippen LogP contribution in [0.2, 0.25) is 5.02 Å². The molecule has 2 heterocycles. The first kappa shape index (κ1) is 26.9. The van der Waals surface area contributed by atoms with Gasteiger partial charge in [-0.1, -0.05) is 54.1 Å². The van der Waals surface area contributed by atoms with Crippen LogP contribution in [0.5, 0.6) is 5.75 Å². The number of nitrogens with one attached hydrogen (secondary N) is 2. The van der Waals surface area contributed by atoms with E-state index in [1.165, 1.54) is 5.56 Å². The van der Waals surface area contributed by atoms with E-state index < -0.39 is 0 Å². The number of aliphatic hydroxyl groups is 1. The van der Waals surface area contributed by atoms with Gasteiger partial charge in [0.05, 0.1) is 16.6 Å². The van der Waals surface area contributed by atoms with Crippen molar-refractivity contribution in [1.29, 1.82) is 0 Å². The fraction of sp³-hybridized carbons (Fsp3) is 0.250. The molecular formula is C28H31ClN4O3. The lowest BCUT2D eigenvalue weighted by Gasteiger charge is -2.13. The number of amides is 1. The van der Waals surface area contributed by atoms with E-state index in [1.807, 2.05) is 32.0 Å². The number of halogens is 1. The normalized spacial score (nSPS) is 10.6. The highest BCUT2D eigenvalue weighted by Crippen LogP contribution is 2.23. The van der Waals surface area contributed by atoms with Crippen molar-refractivity contribution < 1.29 is 14.6 Å². The molecule has 0 aliphatic carbocycles. The lowest BCUT2D eigenvalue weighted by Crippen LogP contribution is -2.25. The van der Waals surface area contributed by atoms with Crippen molar-refractivity contribution in [3.05, 3.63) is 83.0 Å². The highest BCUT2D eigenvalue weighted by atomic mass is 35.5. The summed E-state index contributed by atoms with van der Waals surface area (Å²) in [5.74, 6) is 1.37. The summed E-state index contributed by atoms with van der Waals surface area (Å²) in [6.45, 7) is 10.2. The summed E-state index contributed by atoms with van der Waals surface area (Å²) in [5.41, 5.74) is 5.17. The molecule has 2 aromatic heterocycles. The van der Waals surface area contributed by atoms with Crippen LogP contribution in [0.15, 0.2) is 61.3 Å². The van der Waals surface area contributed by atoms with Gasteiger partial charge in [0.2, 0.25) is 0 Å². The maximum atomic E-state index is 11.9. The van der Waals surface area contributed by atoms with E-state index >= 15 is 0 Å². The number of carbonyl (C=O) groups is 1. The first-order valence-electron chi connectivity index (χ1n) is 11.7. The number of nitrogens with zero attached hydrogens (tertiary/aromatic N) is 2. The van der Waals surface area contributed by atoms with Gasteiger partial charge >= 0.3 is 0 Å². The summed E-state index contributed by atoms with van der Waals surface area (Å²) in [6, 6.07) is 15.3. The number of hydrogen-bond donors (Lipinski definition) is 3. The number of fused-ring (bicyclic) bond motifs is 1. The third-order valence-electron chi connectivity index (χ3n) is 5.10. The molecule has 7 nitrogen and oxygen atoms in total. The number of aryl methyl sites for hydroxylation is 1. The topological polar surface area (TPSA) is 100 Å². The zero-order valence-electron chi connectivity index (χ0n) is 20.7. The molecular weight excluding hydrogens is 476 g/mol. The van der Waals surface area contributed by atoms with Gasteiger partial charge < -0.3 is 20.1 Å². The monoisotopic (exact) mass is 506 g/mol. The van der Waals surface area contributed by atoms with Crippen LogP contribution in [0.25, 0.3) is 28.6 Å². The average molecular weight is 507 g/mol. The van der Waals surface area contributed by atoms with Crippen molar-refractivity contribution in [2.45, 2.75) is 33.3 Å². The Kier molecular flexibility index (Phi) is 9.61. The summed E-state index contributed by atoms with van der Waals surface area (Å²) < 4.78 is 5.63. The number of H-pyrrole nitrogens is 1. The predicted molar refractivity (Wildman–Crippen MR) is 145 cm³/mol. The molecule has 0 fully saturated rings. The molecule has 1 amide bonds. The van der Waals surface area contributed by atoms with E-state index in [1.54, 1.807) is 30.5 Å². The summed E-state index contributed by atoms with van der Waals surface area (Å²) in [6.07, 6.45) is 3.89. The van der Waals surface area contributed by atoms with Crippen molar-refractivity contribution >= 4 is 34.7 Å². The van der Waals surface area contributed by atoms with Crippen LogP contribution in [0.4, 0.5) is 0 Å². The van der Waals surface area contributed by atoms with E-state index in [9.17, 15) is 4.79 Å². The molecule has 0 spiro atoms. The number of ether oxygens (including phenoxy) is 1. The number of carbonyl (C=O) groups excluding carboxylic acids is 1. The molecule has 3 N–H and O–H groups in total. The quantitative estimate of drug-likeness (QED) is 0.262. The molecule has 0 saturated heterocycles.